The van der Waals surface area contributed by atoms with E-state index in [1.807, 2.05) is 0 Å². The highest BCUT2D eigenvalue weighted by Gasteiger charge is 2.66. The zero-order valence-electron chi connectivity index (χ0n) is 34.2. The number of carbonyl (C=O) groups is 4. The summed E-state index contributed by atoms with van der Waals surface area (Å²) in [7, 11) is -6.14. The Labute approximate surface area is 357 Å². The van der Waals surface area contributed by atoms with E-state index in [1.165, 1.54) is 62.8 Å². The van der Waals surface area contributed by atoms with E-state index in [0.29, 0.717) is 0 Å². The van der Waals surface area contributed by atoms with Crippen molar-refractivity contribution < 1.29 is 64.8 Å². The van der Waals surface area contributed by atoms with Crippen LogP contribution in [0.1, 0.15) is 52.4 Å². The third kappa shape index (κ3) is 6.89. The van der Waals surface area contributed by atoms with E-state index in [9.17, 15) is 56.2 Å². The van der Waals surface area contributed by atoms with Gasteiger partial charge < -0.3 is 18.9 Å². The van der Waals surface area contributed by atoms with Crippen LogP contribution in [0, 0.1) is 67.6 Å². The molecule has 0 aromatic heterocycles. The van der Waals surface area contributed by atoms with E-state index in [-0.39, 0.29) is 71.3 Å². The van der Waals surface area contributed by atoms with Gasteiger partial charge in [-0.3, -0.25) is 29.8 Å². The summed E-state index contributed by atoms with van der Waals surface area (Å²) < 4.78 is 74.2. The van der Waals surface area contributed by atoms with Gasteiger partial charge in [-0.25, -0.2) is 26.4 Å². The number of esters is 4. The number of benzene rings is 2. The Hall–Kier alpha value is -5.50. The number of fused-ring (bicyclic) bond motifs is 4. The molecule has 2 saturated heterocycles. The zero-order valence-corrected chi connectivity index (χ0v) is 35.8. The van der Waals surface area contributed by atoms with Crippen LogP contribution in [0.5, 0.6) is 0 Å². The first-order chi connectivity index (χ1) is 29.3. The molecule has 2 aromatic carbocycles. The lowest BCUT2D eigenvalue weighted by atomic mass is 9.61. The highest BCUT2D eigenvalue weighted by molar-refractivity contribution is 7.93. The van der Waals surface area contributed by atoms with Gasteiger partial charge in [0, 0.05) is 58.5 Å². The summed E-state index contributed by atoms with van der Waals surface area (Å²) in [6.07, 6.45) is 1.29. The molecule has 12 atom stereocenters. The monoisotopic (exact) mass is 898 g/mol. The standard InChI is InChI=1S/2C21H23NO8S/c2*1-12-17-16(19(23)30-12)10-13-11-21(22(25)26,9-8-15(13)18(17)20(24)29-2)31(27,28)14-6-4-3-5-7-14/h2*3-7,10,12-13,15,17-18H,8-9,11H2,1-2H3/t2*12-,13-,15-,17-,18+,21+/m00/s1. The van der Waals surface area contributed by atoms with Crippen LogP contribution >= 0.6 is 0 Å². The van der Waals surface area contributed by atoms with Crippen LogP contribution in [-0.2, 0) is 57.8 Å². The van der Waals surface area contributed by atoms with Crippen molar-refractivity contribution in [2.75, 3.05) is 14.2 Å². The minimum atomic E-state index is -4.32. The first-order valence-electron chi connectivity index (χ1n) is 20.2. The predicted molar refractivity (Wildman–Crippen MR) is 214 cm³/mol. The number of nitro groups is 2. The number of hydrogen-bond donors (Lipinski definition) is 0. The van der Waals surface area contributed by atoms with Crippen molar-refractivity contribution in [3.8, 4) is 0 Å². The number of hydrogen-bond acceptors (Lipinski definition) is 16. The molecule has 2 heterocycles. The summed E-state index contributed by atoms with van der Waals surface area (Å²) in [5.41, 5.74) is 0.556. The summed E-state index contributed by atoms with van der Waals surface area (Å²) in [5, 5.41) is 24.4. The van der Waals surface area contributed by atoms with Crippen LogP contribution in [-0.4, -0.2) is 86.7 Å². The first-order valence-corrected chi connectivity index (χ1v) is 23.1. The number of cyclic esters (lactones) is 2. The van der Waals surface area contributed by atoms with Gasteiger partial charge in [-0.1, -0.05) is 48.6 Å². The van der Waals surface area contributed by atoms with Crippen LogP contribution in [0.2, 0.25) is 0 Å². The molecule has 62 heavy (non-hydrogen) atoms. The van der Waals surface area contributed by atoms with Gasteiger partial charge in [0.05, 0.1) is 35.8 Å². The first kappa shape index (κ1) is 44.6. The molecule has 332 valence electrons. The second kappa shape index (κ2) is 16.3. The van der Waals surface area contributed by atoms with Crippen LogP contribution in [0.3, 0.4) is 0 Å². The largest absolute Gasteiger partial charge is 0.469 e. The molecule has 0 bridgehead atoms. The average Bonchev–Trinajstić information content (AvgIpc) is 3.71. The molecule has 20 heteroatoms. The summed E-state index contributed by atoms with van der Waals surface area (Å²) in [4.78, 5) is 68.3. The maximum absolute atomic E-state index is 13.4. The maximum atomic E-state index is 13.4. The van der Waals surface area contributed by atoms with E-state index in [0.717, 1.165) is 0 Å². The Morgan fingerprint density at radius 3 is 1.29 bits per heavy atom. The van der Waals surface area contributed by atoms with Crippen LogP contribution in [0.4, 0.5) is 0 Å². The van der Waals surface area contributed by atoms with Gasteiger partial charge in [0.2, 0.25) is 19.7 Å². The summed E-state index contributed by atoms with van der Waals surface area (Å²) in [6.45, 7) is 3.40. The van der Waals surface area contributed by atoms with Crippen molar-refractivity contribution in [3.05, 3.63) is 104 Å². The number of nitrogens with zero attached hydrogens (tertiary/aromatic N) is 2. The van der Waals surface area contributed by atoms with Crippen molar-refractivity contribution in [2.45, 2.75) is 84.1 Å². The Morgan fingerprint density at radius 1 is 0.645 bits per heavy atom. The van der Waals surface area contributed by atoms with Gasteiger partial charge >= 0.3 is 33.6 Å². The van der Waals surface area contributed by atoms with Crippen molar-refractivity contribution in [1.29, 1.82) is 0 Å². The topological polar surface area (TPSA) is 260 Å². The molecule has 0 N–H and O–H groups in total. The van der Waals surface area contributed by atoms with Crippen LogP contribution < -0.4 is 0 Å². The number of allylic oxidation sites excluding steroid dienone is 2. The Balaban J connectivity index is 0.000000186. The highest BCUT2D eigenvalue weighted by atomic mass is 32.2. The van der Waals surface area contributed by atoms with Crippen molar-refractivity contribution in [2.24, 2.45) is 47.3 Å². The maximum Gasteiger partial charge on any atom is 0.334 e. The van der Waals surface area contributed by atoms with Crippen molar-refractivity contribution in [1.82, 2.24) is 0 Å². The fraction of sp³-hybridized carbons (Fsp3) is 0.524. The van der Waals surface area contributed by atoms with E-state index in [2.05, 4.69) is 0 Å². The Morgan fingerprint density at radius 2 is 0.984 bits per heavy atom. The number of methoxy groups -OCH3 is 2. The van der Waals surface area contributed by atoms with E-state index >= 15 is 0 Å². The molecule has 0 unspecified atom stereocenters. The Bertz CT molecular complexity index is 2300. The molecule has 2 aliphatic heterocycles. The van der Waals surface area contributed by atoms with Gasteiger partial charge in [-0.05, 0) is 74.6 Å². The molecule has 2 aromatic rings. The number of rotatable bonds is 8. The lowest BCUT2D eigenvalue weighted by Gasteiger charge is -2.44. The second-order valence-electron chi connectivity index (χ2n) is 16.8. The molecule has 18 nitrogen and oxygen atoms in total. The minimum absolute atomic E-state index is 0.120. The smallest absolute Gasteiger partial charge is 0.334 e. The van der Waals surface area contributed by atoms with Crippen molar-refractivity contribution in [3.63, 3.8) is 0 Å². The van der Waals surface area contributed by atoms with Crippen LogP contribution in [0.25, 0.3) is 0 Å². The Kier molecular flexibility index (Phi) is 11.7. The second-order valence-corrected chi connectivity index (χ2v) is 21.3. The number of ether oxygens (including phenoxy) is 4. The molecule has 6 aliphatic rings. The zero-order chi connectivity index (χ0) is 45.1. The molecule has 0 spiro atoms. The molecule has 4 aliphatic carbocycles. The van der Waals surface area contributed by atoms with Gasteiger partial charge in [0.1, 0.15) is 12.2 Å². The molecule has 8 rings (SSSR count). The molecular weight excluding hydrogens is 853 g/mol. The van der Waals surface area contributed by atoms with Gasteiger partial charge in [-0.2, -0.15) is 0 Å². The molecule has 4 fully saturated rings. The van der Waals surface area contributed by atoms with Crippen molar-refractivity contribution >= 4 is 43.6 Å². The third-order valence-corrected chi connectivity index (χ3v) is 18.8. The number of sulfone groups is 2. The van der Waals surface area contributed by atoms with Gasteiger partial charge in [0.25, 0.3) is 0 Å². The lowest BCUT2D eigenvalue weighted by Crippen LogP contribution is -2.54. The molecular formula is C42H46N2O16S2. The number of carbonyl (C=O) groups excluding carboxylic acids is 4. The minimum Gasteiger partial charge on any atom is -0.469 e. The SMILES string of the molecule is COC(=O)[C@@H]1[C@H]2CC[C@@]([N+](=O)[O-])(S(=O)(=O)c3ccccc3)C[C@@H]2C=C2C(=O)O[C@@H](C)[C@@H]21.COC(=O)[C@@H]1[C@H]2CC[C@@]([N+](=O)[O-])(S(=O)(=O)c3ccccc3)C[C@@H]2C=C2C(=O)O[C@@H](C)[C@@H]21. The van der Waals surface area contributed by atoms with E-state index < -0.39 is 111 Å². The quantitative estimate of drug-likeness (QED) is 0.155. The normalized spacial score (nSPS) is 34.7. The van der Waals surface area contributed by atoms with E-state index in [4.69, 9.17) is 18.9 Å². The van der Waals surface area contributed by atoms with E-state index in [1.54, 1.807) is 38.1 Å². The highest BCUT2D eigenvalue weighted by Crippen LogP contribution is 2.56. The predicted octanol–water partition coefficient (Wildman–Crippen LogP) is 4.28. The lowest BCUT2D eigenvalue weighted by molar-refractivity contribution is -0.547. The third-order valence-electron chi connectivity index (χ3n) is 13.9. The molecule has 0 amide bonds. The average molecular weight is 899 g/mol. The summed E-state index contributed by atoms with van der Waals surface area (Å²) in [5.74, 6) is -6.69. The van der Waals surface area contributed by atoms with Gasteiger partial charge in [-0.15, -0.1) is 0 Å². The van der Waals surface area contributed by atoms with Gasteiger partial charge in [0.15, 0.2) is 0 Å². The molecule has 2 saturated carbocycles. The fourth-order valence-corrected chi connectivity index (χ4v) is 14.9. The summed E-state index contributed by atoms with van der Waals surface area (Å²) >= 11 is 0. The summed E-state index contributed by atoms with van der Waals surface area (Å²) in [6, 6.07) is 14.7. The van der Waals surface area contributed by atoms with Crippen LogP contribution in [0.15, 0.2) is 93.8 Å². The fourth-order valence-electron chi connectivity index (χ4n) is 11.0. The molecule has 0 radical (unpaired) electrons.